The second-order valence-electron chi connectivity index (χ2n) is 5.67. The highest BCUT2D eigenvalue weighted by molar-refractivity contribution is 9.10. The Morgan fingerprint density at radius 1 is 1.12 bits per heavy atom. The van der Waals surface area contributed by atoms with E-state index in [4.69, 9.17) is 0 Å². The monoisotopic (exact) mass is 295 g/mol. The molecule has 1 aliphatic rings. The van der Waals surface area contributed by atoms with E-state index in [-0.39, 0.29) is 0 Å². The minimum absolute atomic E-state index is 0.641. The predicted octanol–water partition coefficient (Wildman–Crippen LogP) is 4.99. The summed E-state index contributed by atoms with van der Waals surface area (Å²) in [6.07, 6.45) is 3.99. The van der Waals surface area contributed by atoms with Crippen molar-refractivity contribution in [2.24, 2.45) is 11.8 Å². The van der Waals surface area contributed by atoms with E-state index in [1.165, 1.54) is 35.0 Å². The quantitative estimate of drug-likeness (QED) is 0.810. The van der Waals surface area contributed by atoms with Crippen LogP contribution in [0.1, 0.15) is 38.7 Å². The van der Waals surface area contributed by atoms with Gasteiger partial charge in [0.15, 0.2) is 0 Å². The lowest BCUT2D eigenvalue weighted by atomic mass is 9.80. The molecule has 2 heteroatoms. The Labute approximate surface area is 113 Å². The Morgan fingerprint density at radius 2 is 1.76 bits per heavy atom. The predicted molar refractivity (Wildman–Crippen MR) is 78.5 cm³/mol. The van der Waals surface area contributed by atoms with Crippen LogP contribution in [0.2, 0.25) is 0 Å². The molecular weight excluding hydrogens is 274 g/mol. The van der Waals surface area contributed by atoms with Gasteiger partial charge in [0.2, 0.25) is 0 Å². The Hall–Kier alpha value is -0.500. The molecule has 0 saturated heterocycles. The van der Waals surface area contributed by atoms with E-state index in [1.807, 2.05) is 0 Å². The first-order valence-corrected chi connectivity index (χ1v) is 7.37. The second-order valence-corrected chi connectivity index (χ2v) is 6.53. The van der Waals surface area contributed by atoms with Crippen molar-refractivity contribution < 1.29 is 0 Å². The van der Waals surface area contributed by atoms with Gasteiger partial charge in [-0.15, -0.1) is 0 Å². The smallest absolute Gasteiger partial charge is 0.0383 e. The highest BCUT2D eigenvalue weighted by Crippen LogP contribution is 2.32. The van der Waals surface area contributed by atoms with Crippen LogP contribution in [0.4, 0.5) is 5.69 Å². The fourth-order valence-electron chi connectivity index (χ4n) is 3.05. The molecule has 1 aromatic carbocycles. The SMILES string of the molecule is Cc1c(Br)cccc1NC1CC(C)CC(C)C1. The molecule has 0 radical (unpaired) electrons. The summed E-state index contributed by atoms with van der Waals surface area (Å²) < 4.78 is 1.19. The van der Waals surface area contributed by atoms with Crippen molar-refractivity contribution >= 4 is 21.6 Å². The van der Waals surface area contributed by atoms with Crippen molar-refractivity contribution in [1.29, 1.82) is 0 Å². The van der Waals surface area contributed by atoms with Crippen molar-refractivity contribution in [3.8, 4) is 0 Å². The molecule has 1 N–H and O–H groups in total. The van der Waals surface area contributed by atoms with Gasteiger partial charge in [0, 0.05) is 16.2 Å². The zero-order valence-electron chi connectivity index (χ0n) is 11.0. The number of hydrogen-bond donors (Lipinski definition) is 1. The largest absolute Gasteiger partial charge is 0.382 e. The summed E-state index contributed by atoms with van der Waals surface area (Å²) >= 11 is 3.59. The summed E-state index contributed by atoms with van der Waals surface area (Å²) in [5, 5.41) is 3.72. The molecule has 1 aromatic rings. The zero-order valence-corrected chi connectivity index (χ0v) is 12.5. The number of nitrogens with one attached hydrogen (secondary N) is 1. The normalized spacial score (nSPS) is 29.1. The number of rotatable bonds is 2. The van der Waals surface area contributed by atoms with E-state index in [0.717, 1.165) is 11.8 Å². The summed E-state index contributed by atoms with van der Waals surface area (Å²) in [5.74, 6) is 1.70. The molecule has 0 bridgehead atoms. The molecule has 0 amide bonds. The van der Waals surface area contributed by atoms with E-state index >= 15 is 0 Å². The van der Waals surface area contributed by atoms with Gasteiger partial charge in [0.1, 0.15) is 0 Å². The molecule has 1 saturated carbocycles. The zero-order chi connectivity index (χ0) is 12.4. The standard InChI is InChI=1S/C15H22BrN/c1-10-7-11(2)9-13(8-10)17-15-6-4-5-14(16)12(15)3/h4-6,10-11,13,17H,7-9H2,1-3H3. The molecule has 2 unspecified atom stereocenters. The first-order chi connectivity index (χ1) is 8.06. The summed E-state index contributed by atoms with van der Waals surface area (Å²) in [4.78, 5) is 0. The molecule has 2 atom stereocenters. The van der Waals surface area contributed by atoms with Crippen molar-refractivity contribution in [1.82, 2.24) is 0 Å². The average molecular weight is 296 g/mol. The number of hydrogen-bond acceptors (Lipinski definition) is 1. The van der Waals surface area contributed by atoms with Crippen LogP contribution >= 0.6 is 15.9 Å². The first kappa shape index (κ1) is 12.9. The third-order valence-corrected chi connectivity index (χ3v) is 4.66. The fraction of sp³-hybridized carbons (Fsp3) is 0.600. The molecule has 0 spiro atoms. The van der Waals surface area contributed by atoms with Crippen LogP contribution in [-0.4, -0.2) is 6.04 Å². The van der Waals surface area contributed by atoms with Gasteiger partial charge in [-0.25, -0.2) is 0 Å². The molecule has 0 heterocycles. The lowest BCUT2D eigenvalue weighted by Crippen LogP contribution is -2.30. The second kappa shape index (κ2) is 5.43. The third kappa shape index (κ3) is 3.25. The third-order valence-electron chi connectivity index (χ3n) is 3.81. The fourth-order valence-corrected chi connectivity index (χ4v) is 3.41. The molecule has 17 heavy (non-hydrogen) atoms. The lowest BCUT2D eigenvalue weighted by Gasteiger charge is -2.33. The number of halogens is 1. The Kier molecular flexibility index (Phi) is 4.13. The maximum atomic E-state index is 3.72. The average Bonchev–Trinajstić information content (AvgIpc) is 2.23. The van der Waals surface area contributed by atoms with Crippen molar-refractivity contribution in [3.05, 3.63) is 28.2 Å². The molecule has 0 aromatic heterocycles. The van der Waals surface area contributed by atoms with Crippen LogP contribution in [0.25, 0.3) is 0 Å². The van der Waals surface area contributed by atoms with Gasteiger partial charge in [-0.05, 0) is 55.7 Å². The topological polar surface area (TPSA) is 12.0 Å². The van der Waals surface area contributed by atoms with Crippen LogP contribution < -0.4 is 5.32 Å². The summed E-state index contributed by atoms with van der Waals surface area (Å²) in [6.45, 7) is 6.91. The molecule has 2 rings (SSSR count). The maximum Gasteiger partial charge on any atom is 0.0383 e. The van der Waals surface area contributed by atoms with Gasteiger partial charge in [-0.3, -0.25) is 0 Å². The molecule has 1 fully saturated rings. The van der Waals surface area contributed by atoms with Gasteiger partial charge in [-0.1, -0.05) is 35.8 Å². The molecule has 1 aliphatic carbocycles. The van der Waals surface area contributed by atoms with Crippen LogP contribution in [0.3, 0.4) is 0 Å². The summed E-state index contributed by atoms with van der Waals surface area (Å²) in [5.41, 5.74) is 2.60. The molecular formula is C15H22BrN. The van der Waals surface area contributed by atoms with Crippen LogP contribution in [0.15, 0.2) is 22.7 Å². The summed E-state index contributed by atoms with van der Waals surface area (Å²) in [6, 6.07) is 7.04. The van der Waals surface area contributed by atoms with Crippen LogP contribution in [-0.2, 0) is 0 Å². The highest BCUT2D eigenvalue weighted by atomic mass is 79.9. The number of benzene rings is 1. The highest BCUT2D eigenvalue weighted by Gasteiger charge is 2.23. The summed E-state index contributed by atoms with van der Waals surface area (Å²) in [7, 11) is 0. The van der Waals surface area contributed by atoms with Crippen molar-refractivity contribution in [2.75, 3.05) is 5.32 Å². The molecule has 1 nitrogen and oxygen atoms in total. The molecule has 94 valence electrons. The van der Waals surface area contributed by atoms with Gasteiger partial charge in [0.05, 0.1) is 0 Å². The van der Waals surface area contributed by atoms with Crippen molar-refractivity contribution in [3.63, 3.8) is 0 Å². The van der Waals surface area contributed by atoms with E-state index < -0.39 is 0 Å². The van der Waals surface area contributed by atoms with E-state index in [9.17, 15) is 0 Å². The molecule has 0 aliphatic heterocycles. The minimum atomic E-state index is 0.641. The van der Waals surface area contributed by atoms with Gasteiger partial charge < -0.3 is 5.32 Å². The first-order valence-electron chi connectivity index (χ1n) is 6.58. The maximum absolute atomic E-state index is 3.72. The van der Waals surface area contributed by atoms with Gasteiger partial charge in [-0.2, -0.15) is 0 Å². The lowest BCUT2D eigenvalue weighted by molar-refractivity contribution is 0.281. The van der Waals surface area contributed by atoms with E-state index in [1.54, 1.807) is 0 Å². The number of anilines is 1. The van der Waals surface area contributed by atoms with E-state index in [0.29, 0.717) is 6.04 Å². The minimum Gasteiger partial charge on any atom is -0.382 e. The Bertz CT molecular complexity index is 379. The van der Waals surface area contributed by atoms with Gasteiger partial charge in [0.25, 0.3) is 0 Å². The van der Waals surface area contributed by atoms with Gasteiger partial charge >= 0.3 is 0 Å². The van der Waals surface area contributed by atoms with Crippen LogP contribution in [0, 0.1) is 18.8 Å². The van der Waals surface area contributed by atoms with E-state index in [2.05, 4.69) is 60.2 Å². The Balaban J connectivity index is 2.07. The Morgan fingerprint density at radius 3 is 2.41 bits per heavy atom. The van der Waals surface area contributed by atoms with Crippen LogP contribution in [0.5, 0.6) is 0 Å². The van der Waals surface area contributed by atoms with Crippen molar-refractivity contribution in [2.45, 2.75) is 46.1 Å².